The largest absolute Gasteiger partial charge is 0.384 e. The molecule has 1 aliphatic carbocycles. The Balaban J connectivity index is 2.13. The van der Waals surface area contributed by atoms with Crippen LogP contribution in [0.1, 0.15) is 41.9 Å². The van der Waals surface area contributed by atoms with E-state index in [1.807, 2.05) is 4.68 Å². The lowest BCUT2D eigenvalue weighted by Crippen LogP contribution is -2.15. The van der Waals surface area contributed by atoms with Crippen LogP contribution in [0.4, 0.5) is 0 Å². The Bertz CT molecular complexity index is 371. The number of ether oxygens (including phenoxy) is 1. The van der Waals surface area contributed by atoms with E-state index >= 15 is 0 Å². The zero-order valence-corrected chi connectivity index (χ0v) is 9.72. The van der Waals surface area contributed by atoms with Gasteiger partial charge in [-0.25, -0.2) is 4.68 Å². The zero-order chi connectivity index (χ0) is 11.5. The summed E-state index contributed by atoms with van der Waals surface area (Å²) in [6.45, 7) is 3.56. The van der Waals surface area contributed by atoms with E-state index in [-0.39, 0.29) is 0 Å². The van der Waals surface area contributed by atoms with Gasteiger partial charge in [-0.2, -0.15) is 0 Å². The number of hydrogen-bond donors (Lipinski definition) is 0. The summed E-state index contributed by atoms with van der Waals surface area (Å²) < 4.78 is 6.96. The number of nitrogens with zero attached hydrogens (tertiary/aromatic N) is 3. The Morgan fingerprint density at radius 2 is 2.38 bits per heavy atom. The van der Waals surface area contributed by atoms with Gasteiger partial charge in [-0.3, -0.25) is 4.79 Å². The fraction of sp³-hybridized carbons (Fsp3) is 0.727. The van der Waals surface area contributed by atoms with Gasteiger partial charge in [-0.15, -0.1) is 5.10 Å². The van der Waals surface area contributed by atoms with Crippen LogP contribution in [0.3, 0.4) is 0 Å². The molecule has 0 N–H and O–H groups in total. The van der Waals surface area contributed by atoms with Crippen LogP contribution >= 0.6 is 0 Å². The van der Waals surface area contributed by atoms with Gasteiger partial charge in [0.1, 0.15) is 5.69 Å². The van der Waals surface area contributed by atoms with Crippen molar-refractivity contribution < 1.29 is 9.53 Å². The molecule has 1 heterocycles. The molecule has 0 amide bonds. The third-order valence-electron chi connectivity index (χ3n) is 2.81. The van der Waals surface area contributed by atoms with Crippen LogP contribution in [0.2, 0.25) is 0 Å². The fourth-order valence-corrected chi connectivity index (χ4v) is 1.96. The average Bonchev–Trinajstić information content (AvgIpc) is 3.01. The summed E-state index contributed by atoms with van der Waals surface area (Å²) in [6, 6.07) is 0. The van der Waals surface area contributed by atoms with Gasteiger partial charge in [0.05, 0.1) is 12.3 Å². The van der Waals surface area contributed by atoms with E-state index in [1.54, 1.807) is 7.11 Å². The Labute approximate surface area is 94.8 Å². The van der Waals surface area contributed by atoms with E-state index in [0.717, 1.165) is 31.4 Å². The normalized spacial score (nSPS) is 17.4. The van der Waals surface area contributed by atoms with Crippen molar-refractivity contribution in [1.29, 1.82) is 0 Å². The summed E-state index contributed by atoms with van der Waals surface area (Å²) in [4.78, 5) is 10.8. The van der Waals surface area contributed by atoms with Gasteiger partial charge >= 0.3 is 0 Å². The van der Waals surface area contributed by atoms with E-state index in [0.29, 0.717) is 24.1 Å². The van der Waals surface area contributed by atoms with Gasteiger partial charge < -0.3 is 4.74 Å². The summed E-state index contributed by atoms with van der Waals surface area (Å²) in [5, 5.41) is 7.96. The second-order valence-electron chi connectivity index (χ2n) is 4.49. The molecule has 1 saturated carbocycles. The molecule has 0 radical (unpaired) electrons. The summed E-state index contributed by atoms with van der Waals surface area (Å²) in [5.41, 5.74) is 1.52. The number of aldehydes is 1. The standard InChI is InChI=1S/C11H17N3O2/c1-8(7-16-2)5-14-11(9-3-4-9)10(6-15)12-13-14/h6,8-9H,3-5,7H2,1-2H3. The second kappa shape index (κ2) is 4.74. The molecule has 1 atom stereocenters. The molecular formula is C11H17N3O2. The predicted octanol–water partition coefficient (Wildman–Crippen LogP) is 1.25. The number of carbonyl (C=O) groups excluding carboxylic acids is 1. The highest BCUT2D eigenvalue weighted by Gasteiger charge is 2.31. The Hall–Kier alpha value is -1.23. The van der Waals surface area contributed by atoms with Gasteiger partial charge in [-0.05, 0) is 18.8 Å². The fourth-order valence-electron chi connectivity index (χ4n) is 1.96. The molecule has 16 heavy (non-hydrogen) atoms. The van der Waals surface area contributed by atoms with E-state index < -0.39 is 0 Å². The molecule has 1 aliphatic rings. The van der Waals surface area contributed by atoms with Crippen LogP contribution in [-0.4, -0.2) is 35.0 Å². The number of methoxy groups -OCH3 is 1. The van der Waals surface area contributed by atoms with E-state index in [1.165, 1.54) is 0 Å². The van der Waals surface area contributed by atoms with Crippen LogP contribution in [-0.2, 0) is 11.3 Å². The third kappa shape index (κ3) is 2.29. The van der Waals surface area contributed by atoms with E-state index in [9.17, 15) is 4.79 Å². The van der Waals surface area contributed by atoms with E-state index in [2.05, 4.69) is 17.2 Å². The summed E-state index contributed by atoms with van der Waals surface area (Å²) >= 11 is 0. The molecule has 1 aromatic rings. The van der Waals surface area contributed by atoms with Gasteiger partial charge in [-0.1, -0.05) is 12.1 Å². The SMILES string of the molecule is COCC(C)Cn1nnc(C=O)c1C1CC1. The molecular weight excluding hydrogens is 206 g/mol. The van der Waals surface area contributed by atoms with Crippen LogP contribution in [0, 0.1) is 5.92 Å². The molecule has 0 aromatic carbocycles. The minimum atomic E-state index is 0.378. The molecule has 1 fully saturated rings. The van der Waals surface area contributed by atoms with Crippen molar-refractivity contribution in [2.45, 2.75) is 32.2 Å². The van der Waals surface area contributed by atoms with Crippen molar-refractivity contribution in [2.75, 3.05) is 13.7 Å². The maximum Gasteiger partial charge on any atom is 0.172 e. The molecule has 5 nitrogen and oxygen atoms in total. The molecule has 0 bridgehead atoms. The maximum absolute atomic E-state index is 10.8. The summed E-state index contributed by atoms with van der Waals surface area (Å²) in [5.74, 6) is 0.869. The molecule has 2 rings (SSSR count). The molecule has 0 aliphatic heterocycles. The van der Waals surface area contributed by atoms with Crippen LogP contribution in [0.15, 0.2) is 0 Å². The lowest BCUT2D eigenvalue weighted by Gasteiger charge is -2.11. The molecule has 88 valence electrons. The van der Waals surface area contributed by atoms with Gasteiger partial charge in [0, 0.05) is 19.6 Å². The highest BCUT2D eigenvalue weighted by Crippen LogP contribution is 2.40. The van der Waals surface area contributed by atoms with E-state index in [4.69, 9.17) is 4.74 Å². The maximum atomic E-state index is 10.8. The topological polar surface area (TPSA) is 57.0 Å². The highest BCUT2D eigenvalue weighted by molar-refractivity contribution is 5.73. The first-order chi connectivity index (χ1) is 7.76. The van der Waals surface area contributed by atoms with Gasteiger partial charge in [0.2, 0.25) is 0 Å². The number of carbonyl (C=O) groups is 1. The zero-order valence-electron chi connectivity index (χ0n) is 9.72. The second-order valence-corrected chi connectivity index (χ2v) is 4.49. The monoisotopic (exact) mass is 223 g/mol. The van der Waals surface area contributed by atoms with Crippen molar-refractivity contribution in [3.05, 3.63) is 11.4 Å². The summed E-state index contributed by atoms with van der Waals surface area (Å²) in [7, 11) is 1.69. The molecule has 1 unspecified atom stereocenters. The third-order valence-corrected chi connectivity index (χ3v) is 2.81. The van der Waals surface area contributed by atoms with Crippen molar-refractivity contribution in [2.24, 2.45) is 5.92 Å². The van der Waals surface area contributed by atoms with Gasteiger partial charge in [0.25, 0.3) is 0 Å². The first-order valence-corrected chi connectivity index (χ1v) is 5.63. The Morgan fingerprint density at radius 1 is 1.62 bits per heavy atom. The molecule has 0 saturated heterocycles. The first kappa shape index (κ1) is 11.3. The Morgan fingerprint density at radius 3 is 2.94 bits per heavy atom. The van der Waals surface area contributed by atoms with Crippen molar-refractivity contribution in [3.63, 3.8) is 0 Å². The van der Waals surface area contributed by atoms with Crippen molar-refractivity contribution >= 4 is 6.29 Å². The minimum Gasteiger partial charge on any atom is -0.384 e. The quantitative estimate of drug-likeness (QED) is 0.681. The average molecular weight is 223 g/mol. The first-order valence-electron chi connectivity index (χ1n) is 5.63. The van der Waals surface area contributed by atoms with Crippen molar-refractivity contribution in [3.8, 4) is 0 Å². The predicted molar refractivity (Wildman–Crippen MR) is 58.4 cm³/mol. The smallest absolute Gasteiger partial charge is 0.172 e. The number of rotatable bonds is 6. The van der Waals surface area contributed by atoms with Crippen molar-refractivity contribution in [1.82, 2.24) is 15.0 Å². The van der Waals surface area contributed by atoms with Crippen LogP contribution in [0.25, 0.3) is 0 Å². The number of aromatic nitrogens is 3. The lowest BCUT2D eigenvalue weighted by atomic mass is 10.2. The minimum absolute atomic E-state index is 0.378. The Kier molecular flexibility index (Phi) is 3.33. The molecule has 5 heteroatoms. The molecule has 0 spiro atoms. The highest BCUT2D eigenvalue weighted by atomic mass is 16.5. The van der Waals surface area contributed by atoms with Crippen LogP contribution in [0.5, 0.6) is 0 Å². The lowest BCUT2D eigenvalue weighted by molar-refractivity contribution is 0.111. The summed E-state index contributed by atoms with van der Waals surface area (Å²) in [6.07, 6.45) is 3.10. The number of hydrogen-bond acceptors (Lipinski definition) is 4. The van der Waals surface area contributed by atoms with Gasteiger partial charge in [0.15, 0.2) is 6.29 Å². The van der Waals surface area contributed by atoms with Crippen LogP contribution < -0.4 is 0 Å². The molecule has 1 aromatic heterocycles.